The lowest BCUT2D eigenvalue weighted by Crippen LogP contribution is -2.17. The van der Waals surface area contributed by atoms with Crippen molar-refractivity contribution in [1.82, 2.24) is 4.98 Å². The van der Waals surface area contributed by atoms with Crippen LogP contribution < -0.4 is 5.32 Å². The first-order chi connectivity index (χ1) is 8.65. The molecule has 2 nitrogen and oxygen atoms in total. The van der Waals surface area contributed by atoms with Crippen molar-refractivity contribution < 1.29 is 8.78 Å². The molecular weight excluding hydrogens is 234 g/mol. The molecule has 2 rings (SSSR count). The summed E-state index contributed by atoms with van der Waals surface area (Å²) in [7, 11) is 0. The van der Waals surface area contributed by atoms with E-state index >= 15 is 0 Å². The van der Waals surface area contributed by atoms with Crippen LogP contribution in [0.15, 0.2) is 12.3 Å². The molecule has 100 valence electrons. The topological polar surface area (TPSA) is 24.9 Å². The number of aromatic nitrogens is 1. The number of pyridine rings is 1. The van der Waals surface area contributed by atoms with E-state index in [0.29, 0.717) is 6.54 Å². The van der Waals surface area contributed by atoms with Gasteiger partial charge in [0.2, 0.25) is 0 Å². The highest BCUT2D eigenvalue weighted by molar-refractivity contribution is 5.35. The summed E-state index contributed by atoms with van der Waals surface area (Å²) in [6.07, 6.45) is 7.23. The van der Waals surface area contributed by atoms with E-state index in [9.17, 15) is 8.78 Å². The van der Waals surface area contributed by atoms with E-state index in [-0.39, 0.29) is 5.82 Å². The highest BCUT2D eigenvalue weighted by Crippen LogP contribution is 2.30. The first kappa shape index (κ1) is 13.2. The lowest BCUT2D eigenvalue weighted by atomic mass is 9.81. The molecule has 0 aromatic carbocycles. The van der Waals surface area contributed by atoms with Crippen molar-refractivity contribution in [3.05, 3.63) is 23.9 Å². The minimum Gasteiger partial charge on any atom is -0.368 e. The first-order valence-corrected chi connectivity index (χ1v) is 6.70. The maximum Gasteiger partial charge on any atom is 0.168 e. The van der Waals surface area contributed by atoms with Crippen LogP contribution in [-0.4, -0.2) is 11.5 Å². The summed E-state index contributed by atoms with van der Waals surface area (Å²) in [4.78, 5) is 3.71. The van der Waals surface area contributed by atoms with Gasteiger partial charge in [-0.3, -0.25) is 0 Å². The Kier molecular flexibility index (Phi) is 4.50. The Hall–Kier alpha value is -1.19. The van der Waals surface area contributed by atoms with Crippen LogP contribution >= 0.6 is 0 Å². The minimum atomic E-state index is -0.640. The standard InChI is InChI=1S/C14H20F2N2/c1-10-3-2-4-11(7-10)5-6-17-14-13(16)8-12(15)9-18-14/h8-11H,2-7H2,1H3,(H,17,18). The third-order valence-corrected chi connectivity index (χ3v) is 3.70. The van der Waals surface area contributed by atoms with E-state index in [4.69, 9.17) is 0 Å². The van der Waals surface area contributed by atoms with E-state index in [1.165, 1.54) is 25.7 Å². The Bertz CT molecular complexity index is 395. The van der Waals surface area contributed by atoms with Crippen LogP contribution in [-0.2, 0) is 0 Å². The Balaban J connectivity index is 1.77. The zero-order valence-electron chi connectivity index (χ0n) is 10.8. The van der Waals surface area contributed by atoms with E-state index < -0.39 is 11.6 Å². The highest BCUT2D eigenvalue weighted by Gasteiger charge is 2.18. The summed E-state index contributed by atoms with van der Waals surface area (Å²) < 4.78 is 26.0. The van der Waals surface area contributed by atoms with Gasteiger partial charge in [-0.1, -0.05) is 26.2 Å². The van der Waals surface area contributed by atoms with Crippen LogP contribution in [0.25, 0.3) is 0 Å². The van der Waals surface area contributed by atoms with Crippen molar-refractivity contribution in [2.24, 2.45) is 11.8 Å². The molecule has 18 heavy (non-hydrogen) atoms. The van der Waals surface area contributed by atoms with Crippen molar-refractivity contribution in [1.29, 1.82) is 0 Å². The van der Waals surface area contributed by atoms with Gasteiger partial charge in [0, 0.05) is 12.6 Å². The fourth-order valence-electron chi connectivity index (χ4n) is 2.76. The molecule has 1 aliphatic rings. The van der Waals surface area contributed by atoms with Crippen molar-refractivity contribution in [3.63, 3.8) is 0 Å². The second-order valence-electron chi connectivity index (χ2n) is 5.34. The van der Waals surface area contributed by atoms with Crippen LogP contribution in [0, 0.1) is 23.5 Å². The Morgan fingerprint density at radius 2 is 2.22 bits per heavy atom. The van der Waals surface area contributed by atoms with Gasteiger partial charge in [0.15, 0.2) is 11.6 Å². The fourth-order valence-corrected chi connectivity index (χ4v) is 2.76. The Morgan fingerprint density at radius 1 is 1.39 bits per heavy atom. The zero-order chi connectivity index (χ0) is 13.0. The molecule has 1 aromatic heterocycles. The molecule has 0 radical (unpaired) electrons. The van der Waals surface area contributed by atoms with Gasteiger partial charge in [0.1, 0.15) is 5.82 Å². The average molecular weight is 254 g/mol. The molecule has 0 bridgehead atoms. The van der Waals surface area contributed by atoms with Gasteiger partial charge in [-0.05, 0) is 24.7 Å². The average Bonchev–Trinajstić information content (AvgIpc) is 2.32. The van der Waals surface area contributed by atoms with Crippen molar-refractivity contribution >= 4 is 5.82 Å². The minimum absolute atomic E-state index is 0.153. The molecule has 1 fully saturated rings. The number of hydrogen-bond donors (Lipinski definition) is 1. The molecule has 0 spiro atoms. The number of nitrogens with zero attached hydrogens (tertiary/aromatic N) is 1. The predicted molar refractivity (Wildman–Crippen MR) is 68.4 cm³/mol. The zero-order valence-corrected chi connectivity index (χ0v) is 10.8. The first-order valence-electron chi connectivity index (χ1n) is 6.70. The summed E-state index contributed by atoms with van der Waals surface area (Å²) >= 11 is 0. The predicted octanol–water partition coefficient (Wildman–Crippen LogP) is 3.99. The number of halogens is 2. The molecule has 1 N–H and O–H groups in total. The van der Waals surface area contributed by atoms with Crippen LogP contribution in [0.5, 0.6) is 0 Å². The molecule has 1 saturated carbocycles. The van der Waals surface area contributed by atoms with Gasteiger partial charge >= 0.3 is 0 Å². The van der Waals surface area contributed by atoms with E-state index in [2.05, 4.69) is 17.2 Å². The quantitative estimate of drug-likeness (QED) is 0.878. The third-order valence-electron chi connectivity index (χ3n) is 3.70. The third kappa shape index (κ3) is 3.65. The largest absolute Gasteiger partial charge is 0.368 e. The molecule has 1 heterocycles. The van der Waals surface area contributed by atoms with Crippen molar-refractivity contribution in [2.45, 2.75) is 39.0 Å². The molecule has 1 aromatic rings. The van der Waals surface area contributed by atoms with Crippen LogP contribution in [0.2, 0.25) is 0 Å². The number of rotatable bonds is 4. The van der Waals surface area contributed by atoms with Gasteiger partial charge in [-0.25, -0.2) is 13.8 Å². The monoisotopic (exact) mass is 254 g/mol. The maximum absolute atomic E-state index is 13.3. The molecule has 0 aliphatic heterocycles. The van der Waals surface area contributed by atoms with E-state index in [0.717, 1.165) is 30.5 Å². The van der Waals surface area contributed by atoms with Gasteiger partial charge < -0.3 is 5.32 Å². The van der Waals surface area contributed by atoms with Gasteiger partial charge in [0.25, 0.3) is 0 Å². The molecule has 0 amide bonds. The molecular formula is C14H20F2N2. The number of anilines is 1. The van der Waals surface area contributed by atoms with Crippen molar-refractivity contribution in [2.75, 3.05) is 11.9 Å². The highest BCUT2D eigenvalue weighted by atomic mass is 19.1. The second-order valence-corrected chi connectivity index (χ2v) is 5.34. The summed E-state index contributed by atoms with van der Waals surface area (Å²) in [5.41, 5.74) is 0. The summed E-state index contributed by atoms with van der Waals surface area (Å²) in [6, 6.07) is 0.859. The van der Waals surface area contributed by atoms with Crippen LogP contribution in [0.3, 0.4) is 0 Å². The summed E-state index contributed by atoms with van der Waals surface area (Å²) in [5.74, 6) is 0.431. The van der Waals surface area contributed by atoms with E-state index in [1.807, 2.05) is 0 Å². The second kappa shape index (κ2) is 6.12. The normalized spacial score (nSPS) is 23.9. The van der Waals surface area contributed by atoms with E-state index in [1.54, 1.807) is 0 Å². The maximum atomic E-state index is 13.3. The van der Waals surface area contributed by atoms with Crippen LogP contribution in [0.1, 0.15) is 39.0 Å². The molecule has 2 atom stereocenters. The lowest BCUT2D eigenvalue weighted by molar-refractivity contribution is 0.274. The van der Waals surface area contributed by atoms with Gasteiger partial charge in [0.05, 0.1) is 6.20 Å². The molecule has 0 saturated heterocycles. The van der Waals surface area contributed by atoms with Crippen LogP contribution in [0.4, 0.5) is 14.6 Å². The summed E-state index contributed by atoms with van der Waals surface area (Å²) in [5, 5.41) is 2.95. The Labute approximate surface area is 107 Å². The molecule has 4 heteroatoms. The number of hydrogen-bond acceptors (Lipinski definition) is 2. The summed E-state index contributed by atoms with van der Waals surface area (Å²) in [6.45, 7) is 2.99. The Morgan fingerprint density at radius 3 is 2.94 bits per heavy atom. The fraction of sp³-hybridized carbons (Fsp3) is 0.643. The lowest BCUT2D eigenvalue weighted by Gasteiger charge is -2.26. The van der Waals surface area contributed by atoms with Gasteiger partial charge in [-0.15, -0.1) is 0 Å². The number of nitrogens with one attached hydrogen (secondary N) is 1. The van der Waals surface area contributed by atoms with Crippen molar-refractivity contribution in [3.8, 4) is 0 Å². The molecule has 1 aliphatic carbocycles. The SMILES string of the molecule is CC1CCCC(CCNc2ncc(F)cc2F)C1. The smallest absolute Gasteiger partial charge is 0.168 e. The molecule has 2 unspecified atom stereocenters. The van der Waals surface area contributed by atoms with Gasteiger partial charge in [-0.2, -0.15) is 0 Å².